The van der Waals surface area contributed by atoms with Gasteiger partial charge < -0.3 is 5.11 Å². The summed E-state index contributed by atoms with van der Waals surface area (Å²) in [6, 6.07) is 8.30. The number of hydrogen-bond acceptors (Lipinski definition) is 1. The van der Waals surface area contributed by atoms with Crippen LogP contribution in [-0.4, -0.2) is 17.0 Å². The first-order chi connectivity index (χ1) is 6.72. The smallest absolute Gasteiger partial charge is 0.335 e. The van der Waals surface area contributed by atoms with Gasteiger partial charge in [0.25, 0.3) is 0 Å². The SMILES string of the molecule is CCCCCl.O=C(O)c1ccccc1. The lowest BCUT2D eigenvalue weighted by atomic mass is 10.2. The summed E-state index contributed by atoms with van der Waals surface area (Å²) in [5.74, 6) is -0.0631. The van der Waals surface area contributed by atoms with Gasteiger partial charge in [0.1, 0.15) is 0 Å². The summed E-state index contributed by atoms with van der Waals surface area (Å²) in [4.78, 5) is 10.2. The number of aromatic carboxylic acids is 1. The Bertz CT molecular complexity index is 245. The Kier molecular flexibility index (Phi) is 7.95. The van der Waals surface area contributed by atoms with Gasteiger partial charge in [0, 0.05) is 5.88 Å². The zero-order valence-corrected chi connectivity index (χ0v) is 9.00. The highest BCUT2D eigenvalue weighted by atomic mass is 35.5. The third-order valence-electron chi connectivity index (χ3n) is 1.51. The second-order valence-corrected chi connectivity index (χ2v) is 3.09. The molecule has 0 aliphatic rings. The van der Waals surface area contributed by atoms with E-state index in [4.69, 9.17) is 16.7 Å². The van der Waals surface area contributed by atoms with Gasteiger partial charge in [0.2, 0.25) is 0 Å². The fourth-order valence-corrected chi connectivity index (χ4v) is 0.982. The van der Waals surface area contributed by atoms with Crippen LogP contribution in [0.3, 0.4) is 0 Å². The van der Waals surface area contributed by atoms with Crippen LogP contribution in [0, 0.1) is 0 Å². The molecule has 0 aliphatic heterocycles. The Hall–Kier alpha value is -1.02. The molecule has 14 heavy (non-hydrogen) atoms. The fourth-order valence-electron chi connectivity index (χ4n) is 0.714. The van der Waals surface area contributed by atoms with Crippen molar-refractivity contribution in [2.24, 2.45) is 0 Å². The Morgan fingerprint density at radius 2 is 1.93 bits per heavy atom. The van der Waals surface area contributed by atoms with E-state index >= 15 is 0 Å². The van der Waals surface area contributed by atoms with Crippen LogP contribution in [0.4, 0.5) is 0 Å². The van der Waals surface area contributed by atoms with Crippen molar-refractivity contribution in [3.05, 3.63) is 35.9 Å². The van der Waals surface area contributed by atoms with E-state index in [2.05, 4.69) is 6.92 Å². The zero-order chi connectivity index (χ0) is 10.8. The van der Waals surface area contributed by atoms with Crippen molar-refractivity contribution < 1.29 is 9.90 Å². The van der Waals surface area contributed by atoms with Gasteiger partial charge in [-0.05, 0) is 18.6 Å². The lowest BCUT2D eigenvalue weighted by Gasteiger charge is -1.88. The van der Waals surface area contributed by atoms with Crippen molar-refractivity contribution in [3.63, 3.8) is 0 Å². The average Bonchev–Trinajstić information content (AvgIpc) is 2.21. The molecule has 0 saturated carbocycles. The van der Waals surface area contributed by atoms with Crippen molar-refractivity contribution >= 4 is 17.6 Å². The first-order valence-corrected chi connectivity index (χ1v) is 5.10. The number of rotatable bonds is 3. The number of carboxylic acid groups (broad SMARTS) is 1. The van der Waals surface area contributed by atoms with Crippen molar-refractivity contribution in [2.75, 3.05) is 5.88 Å². The number of alkyl halides is 1. The molecule has 0 heterocycles. The van der Waals surface area contributed by atoms with E-state index in [1.807, 2.05) is 0 Å². The Morgan fingerprint density at radius 3 is 2.14 bits per heavy atom. The Morgan fingerprint density at radius 1 is 1.36 bits per heavy atom. The molecule has 78 valence electrons. The van der Waals surface area contributed by atoms with E-state index in [0.29, 0.717) is 5.56 Å². The molecular formula is C11H15ClO2. The molecule has 0 bridgehead atoms. The lowest BCUT2D eigenvalue weighted by molar-refractivity contribution is 0.0697. The molecule has 1 aromatic rings. The van der Waals surface area contributed by atoms with E-state index in [-0.39, 0.29) is 0 Å². The second-order valence-electron chi connectivity index (χ2n) is 2.71. The molecule has 3 heteroatoms. The zero-order valence-electron chi connectivity index (χ0n) is 8.24. The highest BCUT2D eigenvalue weighted by Gasteiger charge is 1.96. The number of hydrogen-bond donors (Lipinski definition) is 1. The average molecular weight is 215 g/mol. The quantitative estimate of drug-likeness (QED) is 0.783. The van der Waals surface area contributed by atoms with E-state index in [0.717, 1.165) is 12.3 Å². The van der Waals surface area contributed by atoms with Gasteiger partial charge in [-0.2, -0.15) is 0 Å². The predicted molar refractivity (Wildman–Crippen MR) is 59.0 cm³/mol. The van der Waals surface area contributed by atoms with E-state index in [1.54, 1.807) is 30.3 Å². The van der Waals surface area contributed by atoms with E-state index in [1.165, 1.54) is 6.42 Å². The minimum Gasteiger partial charge on any atom is -0.478 e. The normalized spacial score (nSPS) is 8.71. The van der Waals surface area contributed by atoms with Crippen molar-refractivity contribution in [1.29, 1.82) is 0 Å². The van der Waals surface area contributed by atoms with Crippen LogP contribution in [-0.2, 0) is 0 Å². The third kappa shape index (κ3) is 6.49. The second kappa shape index (κ2) is 8.57. The molecule has 1 rings (SSSR count). The van der Waals surface area contributed by atoms with Crippen molar-refractivity contribution in [2.45, 2.75) is 19.8 Å². The topological polar surface area (TPSA) is 37.3 Å². The number of benzene rings is 1. The molecule has 0 amide bonds. The van der Waals surface area contributed by atoms with Crippen LogP contribution < -0.4 is 0 Å². The Balaban J connectivity index is 0.000000292. The van der Waals surface area contributed by atoms with Gasteiger partial charge in [0.05, 0.1) is 5.56 Å². The first-order valence-electron chi connectivity index (χ1n) is 4.56. The third-order valence-corrected chi connectivity index (χ3v) is 1.78. The van der Waals surface area contributed by atoms with Crippen LogP contribution in [0.1, 0.15) is 30.1 Å². The molecule has 0 atom stereocenters. The molecule has 0 aliphatic carbocycles. The molecule has 0 saturated heterocycles. The highest BCUT2D eigenvalue weighted by molar-refractivity contribution is 6.17. The molecule has 2 nitrogen and oxygen atoms in total. The Labute approximate surface area is 89.5 Å². The first kappa shape index (κ1) is 13.0. The van der Waals surface area contributed by atoms with Crippen LogP contribution in [0.2, 0.25) is 0 Å². The van der Waals surface area contributed by atoms with Crippen LogP contribution in [0.5, 0.6) is 0 Å². The van der Waals surface area contributed by atoms with Gasteiger partial charge in [0.15, 0.2) is 0 Å². The van der Waals surface area contributed by atoms with Gasteiger partial charge >= 0.3 is 5.97 Å². The molecule has 0 radical (unpaired) electrons. The minimum absolute atomic E-state index is 0.331. The maximum Gasteiger partial charge on any atom is 0.335 e. The minimum atomic E-state index is -0.879. The summed E-state index contributed by atoms with van der Waals surface area (Å²) in [5, 5.41) is 8.38. The van der Waals surface area contributed by atoms with Crippen molar-refractivity contribution in [3.8, 4) is 0 Å². The number of carbonyl (C=O) groups is 1. The van der Waals surface area contributed by atoms with Gasteiger partial charge in [-0.15, -0.1) is 11.6 Å². The van der Waals surface area contributed by atoms with Crippen LogP contribution in [0.25, 0.3) is 0 Å². The van der Waals surface area contributed by atoms with Crippen molar-refractivity contribution in [1.82, 2.24) is 0 Å². The molecule has 0 unspecified atom stereocenters. The van der Waals surface area contributed by atoms with E-state index in [9.17, 15) is 4.79 Å². The standard InChI is InChI=1S/C7H6O2.C4H9Cl/c8-7(9)6-4-2-1-3-5-6;1-2-3-4-5/h1-5H,(H,8,9);2-4H2,1H3. The lowest BCUT2D eigenvalue weighted by Crippen LogP contribution is -1.93. The monoisotopic (exact) mass is 214 g/mol. The maximum absolute atomic E-state index is 10.2. The molecule has 0 fully saturated rings. The van der Waals surface area contributed by atoms with Crippen LogP contribution in [0.15, 0.2) is 30.3 Å². The molecule has 1 N–H and O–H groups in total. The largest absolute Gasteiger partial charge is 0.478 e. The fraction of sp³-hybridized carbons (Fsp3) is 0.364. The number of unbranched alkanes of at least 4 members (excludes halogenated alkanes) is 1. The van der Waals surface area contributed by atoms with Gasteiger partial charge in [-0.3, -0.25) is 0 Å². The number of carboxylic acids is 1. The summed E-state index contributed by atoms with van der Waals surface area (Å²) >= 11 is 5.30. The summed E-state index contributed by atoms with van der Waals surface area (Å²) in [6.45, 7) is 2.13. The molecule has 0 aromatic heterocycles. The summed E-state index contributed by atoms with van der Waals surface area (Å²) in [5.41, 5.74) is 0.331. The molecule has 0 spiro atoms. The molecular weight excluding hydrogens is 200 g/mol. The maximum atomic E-state index is 10.2. The summed E-state index contributed by atoms with van der Waals surface area (Å²) < 4.78 is 0. The summed E-state index contributed by atoms with van der Waals surface area (Å²) in [6.07, 6.45) is 2.37. The van der Waals surface area contributed by atoms with E-state index < -0.39 is 5.97 Å². The predicted octanol–water partition coefficient (Wildman–Crippen LogP) is 3.41. The van der Waals surface area contributed by atoms with Crippen LogP contribution >= 0.6 is 11.6 Å². The number of halogens is 1. The van der Waals surface area contributed by atoms with Gasteiger partial charge in [-0.1, -0.05) is 31.5 Å². The highest BCUT2D eigenvalue weighted by Crippen LogP contribution is 1.96. The molecule has 1 aromatic carbocycles. The summed E-state index contributed by atoms with van der Waals surface area (Å²) in [7, 11) is 0. The van der Waals surface area contributed by atoms with Gasteiger partial charge in [-0.25, -0.2) is 4.79 Å².